The first-order chi connectivity index (χ1) is 9.22. The predicted octanol–water partition coefficient (Wildman–Crippen LogP) is 2.45. The number of halogens is 1. The van der Waals surface area contributed by atoms with Crippen LogP contribution >= 0.6 is 15.9 Å². The van der Waals surface area contributed by atoms with Gasteiger partial charge in [-0.1, -0.05) is 21.1 Å². The highest BCUT2D eigenvalue weighted by atomic mass is 79.9. The van der Waals surface area contributed by atoms with E-state index < -0.39 is 0 Å². The van der Waals surface area contributed by atoms with E-state index in [1.165, 1.54) is 6.33 Å². The van der Waals surface area contributed by atoms with Crippen LogP contribution in [0.15, 0.2) is 39.6 Å². The second-order valence-corrected chi connectivity index (χ2v) is 4.90. The van der Waals surface area contributed by atoms with Crippen molar-refractivity contribution < 1.29 is 4.52 Å². The summed E-state index contributed by atoms with van der Waals surface area (Å²) in [6.07, 6.45) is 1.50. The average Bonchev–Trinajstić information content (AvgIpc) is 3.01. The van der Waals surface area contributed by atoms with Crippen LogP contribution in [0.4, 0.5) is 0 Å². The zero-order chi connectivity index (χ0) is 13.2. The molecule has 0 fully saturated rings. The van der Waals surface area contributed by atoms with Gasteiger partial charge in [-0.05, 0) is 31.2 Å². The molecule has 0 aliphatic rings. The molecule has 19 heavy (non-hydrogen) atoms. The van der Waals surface area contributed by atoms with E-state index in [1.54, 1.807) is 4.68 Å². The summed E-state index contributed by atoms with van der Waals surface area (Å²) in [5.41, 5.74) is 0.911. The molecular formula is C12H10BrN5O. The van der Waals surface area contributed by atoms with E-state index in [-0.39, 0.29) is 0 Å². The molecule has 0 N–H and O–H groups in total. The Morgan fingerprint density at radius 3 is 2.74 bits per heavy atom. The molecule has 1 aromatic carbocycles. The second kappa shape index (κ2) is 4.93. The van der Waals surface area contributed by atoms with Crippen molar-refractivity contribution >= 4 is 15.9 Å². The predicted molar refractivity (Wildman–Crippen MR) is 71.3 cm³/mol. The van der Waals surface area contributed by atoms with Gasteiger partial charge in [0.15, 0.2) is 0 Å². The zero-order valence-electron chi connectivity index (χ0n) is 10.1. The normalized spacial score (nSPS) is 10.8. The number of benzene rings is 1. The Bertz CT molecular complexity index is 688. The third-order valence-corrected chi connectivity index (χ3v) is 3.19. The van der Waals surface area contributed by atoms with E-state index in [2.05, 4.69) is 36.2 Å². The van der Waals surface area contributed by atoms with Crippen molar-refractivity contribution in [1.82, 2.24) is 24.9 Å². The van der Waals surface area contributed by atoms with Crippen molar-refractivity contribution in [3.8, 4) is 11.4 Å². The molecular weight excluding hydrogens is 310 g/mol. The lowest BCUT2D eigenvalue weighted by Crippen LogP contribution is -2.04. The average molecular weight is 320 g/mol. The minimum Gasteiger partial charge on any atom is -0.337 e. The Balaban J connectivity index is 1.83. The Morgan fingerprint density at radius 1 is 1.26 bits per heavy atom. The van der Waals surface area contributed by atoms with Gasteiger partial charge in [0.05, 0.1) is 0 Å². The van der Waals surface area contributed by atoms with Crippen molar-refractivity contribution in [1.29, 1.82) is 0 Å². The van der Waals surface area contributed by atoms with Gasteiger partial charge >= 0.3 is 0 Å². The van der Waals surface area contributed by atoms with E-state index in [1.807, 2.05) is 31.2 Å². The van der Waals surface area contributed by atoms with Crippen LogP contribution in [0.2, 0.25) is 0 Å². The molecule has 0 bridgehead atoms. The number of aryl methyl sites for hydroxylation is 1. The molecule has 3 rings (SSSR count). The fourth-order valence-corrected chi connectivity index (χ4v) is 1.90. The smallest absolute Gasteiger partial charge is 0.248 e. The van der Waals surface area contributed by atoms with Gasteiger partial charge in [-0.3, -0.25) is 0 Å². The molecule has 96 valence electrons. The number of aromatic nitrogens is 5. The molecule has 0 saturated carbocycles. The lowest BCUT2D eigenvalue weighted by molar-refractivity contribution is 0.364. The molecule has 0 saturated heterocycles. The van der Waals surface area contributed by atoms with E-state index in [0.29, 0.717) is 18.3 Å². The number of hydrogen-bond acceptors (Lipinski definition) is 5. The number of hydrogen-bond donors (Lipinski definition) is 0. The SMILES string of the molecule is Cc1ncnn1Cc1nc(-c2ccc(Br)cc2)no1. The highest BCUT2D eigenvalue weighted by Crippen LogP contribution is 2.19. The van der Waals surface area contributed by atoms with E-state index in [4.69, 9.17) is 4.52 Å². The molecule has 0 aliphatic heterocycles. The second-order valence-electron chi connectivity index (χ2n) is 3.98. The first-order valence-electron chi connectivity index (χ1n) is 5.65. The largest absolute Gasteiger partial charge is 0.337 e. The summed E-state index contributed by atoms with van der Waals surface area (Å²) in [5, 5.41) is 8.04. The molecule has 0 aliphatic carbocycles. The molecule has 0 unspecified atom stereocenters. The topological polar surface area (TPSA) is 69.6 Å². The summed E-state index contributed by atoms with van der Waals surface area (Å²) in [6, 6.07) is 7.73. The van der Waals surface area contributed by atoms with Gasteiger partial charge in [-0.25, -0.2) is 9.67 Å². The molecule has 7 heteroatoms. The maximum Gasteiger partial charge on any atom is 0.248 e. The number of nitrogens with zero attached hydrogens (tertiary/aromatic N) is 5. The van der Waals surface area contributed by atoms with Crippen molar-refractivity contribution in [3.05, 3.63) is 46.8 Å². The third kappa shape index (κ3) is 2.55. The summed E-state index contributed by atoms with van der Waals surface area (Å²) in [6.45, 7) is 2.30. The Hall–Kier alpha value is -2.02. The fraction of sp³-hybridized carbons (Fsp3) is 0.167. The van der Waals surface area contributed by atoms with Crippen LogP contribution in [0.5, 0.6) is 0 Å². The minimum absolute atomic E-state index is 0.426. The Labute approximate surface area is 117 Å². The van der Waals surface area contributed by atoms with Gasteiger partial charge in [0.25, 0.3) is 0 Å². The number of rotatable bonds is 3. The van der Waals surface area contributed by atoms with Crippen molar-refractivity contribution in [2.75, 3.05) is 0 Å². The van der Waals surface area contributed by atoms with E-state index in [0.717, 1.165) is 15.9 Å². The van der Waals surface area contributed by atoms with Gasteiger partial charge < -0.3 is 4.52 Å². The minimum atomic E-state index is 0.426. The summed E-state index contributed by atoms with van der Waals surface area (Å²) in [7, 11) is 0. The third-order valence-electron chi connectivity index (χ3n) is 2.66. The van der Waals surface area contributed by atoms with Crippen molar-refractivity contribution in [2.24, 2.45) is 0 Å². The summed E-state index contributed by atoms with van der Waals surface area (Å²) >= 11 is 3.39. The quantitative estimate of drug-likeness (QED) is 0.741. The van der Waals surface area contributed by atoms with Crippen LogP contribution in [-0.4, -0.2) is 24.9 Å². The van der Waals surface area contributed by atoms with Crippen LogP contribution < -0.4 is 0 Å². The van der Waals surface area contributed by atoms with Crippen molar-refractivity contribution in [2.45, 2.75) is 13.5 Å². The van der Waals surface area contributed by atoms with Gasteiger partial charge in [0.1, 0.15) is 18.7 Å². The highest BCUT2D eigenvalue weighted by Gasteiger charge is 2.10. The summed E-state index contributed by atoms with van der Waals surface area (Å²) < 4.78 is 7.94. The maximum atomic E-state index is 5.22. The molecule has 6 nitrogen and oxygen atoms in total. The monoisotopic (exact) mass is 319 g/mol. The first-order valence-corrected chi connectivity index (χ1v) is 6.44. The van der Waals surface area contributed by atoms with E-state index in [9.17, 15) is 0 Å². The molecule has 2 heterocycles. The maximum absolute atomic E-state index is 5.22. The van der Waals surface area contributed by atoms with Gasteiger partial charge in [-0.2, -0.15) is 10.1 Å². The first kappa shape index (κ1) is 12.0. The fourth-order valence-electron chi connectivity index (χ4n) is 1.64. The van der Waals surface area contributed by atoms with Gasteiger partial charge in [0.2, 0.25) is 11.7 Å². The molecule has 0 amide bonds. The van der Waals surface area contributed by atoms with Gasteiger partial charge in [-0.15, -0.1) is 0 Å². The van der Waals surface area contributed by atoms with Crippen LogP contribution in [0.1, 0.15) is 11.7 Å². The standard InChI is InChI=1S/C12H10BrN5O/c1-8-14-7-15-18(8)6-11-16-12(17-19-11)9-2-4-10(13)5-3-9/h2-5,7H,6H2,1H3. The molecule has 0 radical (unpaired) electrons. The van der Waals surface area contributed by atoms with Crippen LogP contribution in [0.25, 0.3) is 11.4 Å². The Morgan fingerprint density at radius 2 is 2.05 bits per heavy atom. The molecule has 3 aromatic rings. The molecule has 2 aromatic heterocycles. The summed E-state index contributed by atoms with van der Waals surface area (Å²) in [5.74, 6) is 1.88. The van der Waals surface area contributed by atoms with Crippen LogP contribution in [-0.2, 0) is 6.54 Å². The Kier molecular flexibility index (Phi) is 3.12. The lowest BCUT2D eigenvalue weighted by Gasteiger charge is -1.96. The molecule has 0 atom stereocenters. The zero-order valence-corrected chi connectivity index (χ0v) is 11.7. The lowest BCUT2D eigenvalue weighted by atomic mass is 10.2. The van der Waals surface area contributed by atoms with Crippen LogP contribution in [0.3, 0.4) is 0 Å². The van der Waals surface area contributed by atoms with Crippen LogP contribution in [0, 0.1) is 6.92 Å². The van der Waals surface area contributed by atoms with Crippen molar-refractivity contribution in [3.63, 3.8) is 0 Å². The molecule has 0 spiro atoms. The van der Waals surface area contributed by atoms with Gasteiger partial charge in [0, 0.05) is 10.0 Å². The highest BCUT2D eigenvalue weighted by molar-refractivity contribution is 9.10. The summed E-state index contributed by atoms with van der Waals surface area (Å²) in [4.78, 5) is 8.39. The van der Waals surface area contributed by atoms with E-state index >= 15 is 0 Å².